The Balaban J connectivity index is 1.55. The Kier molecular flexibility index (Phi) is 6.47. The fraction of sp³-hybridized carbons (Fsp3) is 0.130. The molecule has 0 aromatic heterocycles. The first kappa shape index (κ1) is 19.9. The lowest BCUT2D eigenvalue weighted by Crippen LogP contribution is -2.30. The molecule has 0 aliphatic rings. The molecule has 148 valence electrons. The number of hydrogen-bond donors (Lipinski definition) is 2. The zero-order valence-corrected chi connectivity index (χ0v) is 16.2. The minimum atomic E-state index is -0.676. The largest absolute Gasteiger partial charge is 0.481 e. The Morgan fingerprint density at radius 1 is 0.759 bits per heavy atom. The summed E-state index contributed by atoms with van der Waals surface area (Å²) in [5.74, 6) is 0.343. The molecule has 0 bridgehead atoms. The van der Waals surface area contributed by atoms with Gasteiger partial charge in [0.2, 0.25) is 0 Å². The molecule has 0 saturated carbocycles. The SMILES string of the molecule is COC(=O)Nc1ccc(NC(=O)C(C)Oc2ccc(-c3ccccc3)cc2)cc1. The van der Waals surface area contributed by atoms with Crippen LogP contribution in [0.2, 0.25) is 0 Å². The molecular weight excluding hydrogens is 368 g/mol. The topological polar surface area (TPSA) is 76.7 Å². The third-order valence-electron chi connectivity index (χ3n) is 4.23. The van der Waals surface area contributed by atoms with E-state index < -0.39 is 12.2 Å². The van der Waals surface area contributed by atoms with Gasteiger partial charge in [-0.1, -0.05) is 42.5 Å². The first-order valence-electron chi connectivity index (χ1n) is 9.13. The van der Waals surface area contributed by atoms with Gasteiger partial charge in [0.05, 0.1) is 7.11 Å². The normalized spacial score (nSPS) is 11.2. The molecule has 6 heteroatoms. The molecule has 0 aliphatic heterocycles. The summed E-state index contributed by atoms with van der Waals surface area (Å²) < 4.78 is 10.3. The van der Waals surface area contributed by atoms with Gasteiger partial charge in [0.15, 0.2) is 6.10 Å². The van der Waals surface area contributed by atoms with Crippen molar-refractivity contribution in [2.45, 2.75) is 13.0 Å². The molecule has 3 rings (SSSR count). The third-order valence-corrected chi connectivity index (χ3v) is 4.23. The lowest BCUT2D eigenvalue weighted by molar-refractivity contribution is -0.122. The van der Waals surface area contributed by atoms with E-state index >= 15 is 0 Å². The average molecular weight is 390 g/mol. The van der Waals surface area contributed by atoms with E-state index in [-0.39, 0.29) is 5.91 Å². The second-order valence-corrected chi connectivity index (χ2v) is 6.33. The number of rotatable bonds is 6. The van der Waals surface area contributed by atoms with Gasteiger partial charge in [-0.05, 0) is 54.4 Å². The summed E-state index contributed by atoms with van der Waals surface area (Å²) in [4.78, 5) is 23.6. The number of hydrogen-bond acceptors (Lipinski definition) is 4. The molecule has 6 nitrogen and oxygen atoms in total. The van der Waals surface area contributed by atoms with Crippen LogP contribution in [0.1, 0.15) is 6.92 Å². The van der Waals surface area contributed by atoms with Crippen LogP contribution in [-0.4, -0.2) is 25.2 Å². The van der Waals surface area contributed by atoms with Crippen LogP contribution in [0, 0.1) is 0 Å². The van der Waals surface area contributed by atoms with Crippen molar-refractivity contribution in [2.24, 2.45) is 0 Å². The van der Waals surface area contributed by atoms with Crippen molar-refractivity contribution in [3.8, 4) is 16.9 Å². The minimum absolute atomic E-state index is 0.272. The molecular formula is C23H22N2O4. The van der Waals surface area contributed by atoms with Crippen molar-refractivity contribution in [1.82, 2.24) is 0 Å². The Bertz CT molecular complexity index is 954. The molecule has 0 fully saturated rings. The summed E-state index contributed by atoms with van der Waals surface area (Å²) in [5.41, 5.74) is 3.36. The molecule has 1 atom stereocenters. The van der Waals surface area contributed by atoms with Crippen LogP contribution >= 0.6 is 0 Å². The predicted octanol–water partition coefficient (Wildman–Crippen LogP) is 4.94. The number of carbonyl (C=O) groups excluding carboxylic acids is 2. The van der Waals surface area contributed by atoms with Gasteiger partial charge in [-0.15, -0.1) is 0 Å². The van der Waals surface area contributed by atoms with Crippen molar-refractivity contribution in [3.63, 3.8) is 0 Å². The van der Waals surface area contributed by atoms with E-state index in [1.807, 2.05) is 54.6 Å². The third kappa shape index (κ3) is 5.59. The predicted molar refractivity (Wildman–Crippen MR) is 113 cm³/mol. The van der Waals surface area contributed by atoms with Crippen LogP contribution in [0.5, 0.6) is 5.75 Å². The fourth-order valence-electron chi connectivity index (χ4n) is 2.66. The highest BCUT2D eigenvalue weighted by molar-refractivity contribution is 5.94. The fourth-order valence-corrected chi connectivity index (χ4v) is 2.66. The number of anilines is 2. The van der Waals surface area contributed by atoms with Gasteiger partial charge in [0, 0.05) is 11.4 Å². The van der Waals surface area contributed by atoms with E-state index in [1.165, 1.54) is 7.11 Å². The van der Waals surface area contributed by atoms with E-state index in [0.717, 1.165) is 11.1 Å². The smallest absolute Gasteiger partial charge is 0.411 e. The molecule has 0 spiro atoms. The van der Waals surface area contributed by atoms with Crippen LogP contribution in [0.4, 0.5) is 16.2 Å². The highest BCUT2D eigenvalue weighted by atomic mass is 16.5. The first-order chi connectivity index (χ1) is 14.0. The minimum Gasteiger partial charge on any atom is -0.481 e. The molecule has 3 aromatic rings. The van der Waals surface area contributed by atoms with Crippen LogP contribution in [0.15, 0.2) is 78.9 Å². The number of methoxy groups -OCH3 is 1. The van der Waals surface area contributed by atoms with Gasteiger partial charge in [0.1, 0.15) is 5.75 Å². The lowest BCUT2D eigenvalue weighted by atomic mass is 10.1. The van der Waals surface area contributed by atoms with Gasteiger partial charge in [-0.2, -0.15) is 0 Å². The van der Waals surface area contributed by atoms with Gasteiger partial charge in [-0.3, -0.25) is 10.1 Å². The van der Waals surface area contributed by atoms with E-state index in [4.69, 9.17) is 4.74 Å². The molecule has 0 heterocycles. The summed E-state index contributed by atoms with van der Waals surface area (Å²) in [6.07, 6.45) is -1.23. The zero-order chi connectivity index (χ0) is 20.6. The van der Waals surface area contributed by atoms with E-state index in [1.54, 1.807) is 31.2 Å². The number of amides is 2. The highest BCUT2D eigenvalue weighted by Gasteiger charge is 2.15. The molecule has 2 amide bonds. The van der Waals surface area contributed by atoms with Gasteiger partial charge < -0.3 is 14.8 Å². The maximum absolute atomic E-state index is 12.4. The van der Waals surface area contributed by atoms with Crippen molar-refractivity contribution in [1.29, 1.82) is 0 Å². The van der Waals surface area contributed by atoms with Crippen molar-refractivity contribution >= 4 is 23.4 Å². The van der Waals surface area contributed by atoms with Crippen molar-refractivity contribution in [3.05, 3.63) is 78.9 Å². The summed E-state index contributed by atoms with van der Waals surface area (Å²) in [7, 11) is 1.29. The van der Waals surface area contributed by atoms with Crippen LogP contribution in [0.25, 0.3) is 11.1 Å². The van der Waals surface area contributed by atoms with Crippen molar-refractivity contribution < 1.29 is 19.1 Å². The van der Waals surface area contributed by atoms with E-state index in [2.05, 4.69) is 15.4 Å². The van der Waals surface area contributed by atoms with Gasteiger partial charge in [-0.25, -0.2) is 4.79 Å². The number of nitrogens with one attached hydrogen (secondary N) is 2. The first-order valence-corrected chi connectivity index (χ1v) is 9.13. The second-order valence-electron chi connectivity index (χ2n) is 6.33. The summed E-state index contributed by atoms with van der Waals surface area (Å²) in [5, 5.41) is 5.33. The molecule has 29 heavy (non-hydrogen) atoms. The zero-order valence-electron chi connectivity index (χ0n) is 16.2. The molecule has 2 N–H and O–H groups in total. The van der Waals surface area contributed by atoms with Crippen LogP contribution < -0.4 is 15.4 Å². The van der Waals surface area contributed by atoms with E-state index in [9.17, 15) is 9.59 Å². The lowest BCUT2D eigenvalue weighted by Gasteiger charge is -2.15. The Morgan fingerprint density at radius 3 is 1.90 bits per heavy atom. The van der Waals surface area contributed by atoms with E-state index in [0.29, 0.717) is 17.1 Å². The summed E-state index contributed by atoms with van der Waals surface area (Å²) in [6.45, 7) is 1.69. The second kappa shape index (κ2) is 9.41. The molecule has 3 aromatic carbocycles. The average Bonchev–Trinajstić information content (AvgIpc) is 2.76. The quantitative estimate of drug-likeness (QED) is 0.625. The highest BCUT2D eigenvalue weighted by Crippen LogP contribution is 2.23. The molecule has 0 aliphatic carbocycles. The molecule has 0 radical (unpaired) electrons. The number of ether oxygens (including phenoxy) is 2. The maximum atomic E-state index is 12.4. The van der Waals surface area contributed by atoms with Gasteiger partial charge >= 0.3 is 6.09 Å². The summed E-state index contributed by atoms with van der Waals surface area (Å²) in [6, 6.07) is 24.4. The Labute approximate surface area is 169 Å². The molecule has 0 saturated heterocycles. The Morgan fingerprint density at radius 2 is 1.31 bits per heavy atom. The maximum Gasteiger partial charge on any atom is 0.411 e. The van der Waals surface area contributed by atoms with Crippen molar-refractivity contribution in [2.75, 3.05) is 17.7 Å². The molecule has 1 unspecified atom stereocenters. The monoisotopic (exact) mass is 390 g/mol. The number of carbonyl (C=O) groups is 2. The van der Waals surface area contributed by atoms with Crippen LogP contribution in [0.3, 0.4) is 0 Å². The standard InChI is InChI=1S/C23H22N2O4/c1-16(22(26)24-19-10-12-20(13-11-19)25-23(27)28-2)29-21-14-8-18(9-15-21)17-6-4-3-5-7-17/h3-16H,1-2H3,(H,24,26)(H,25,27). The van der Waals surface area contributed by atoms with Gasteiger partial charge in [0.25, 0.3) is 5.91 Å². The van der Waals surface area contributed by atoms with Crippen LogP contribution in [-0.2, 0) is 9.53 Å². The Hall–Kier alpha value is -3.80. The summed E-state index contributed by atoms with van der Waals surface area (Å²) >= 11 is 0. The number of benzene rings is 3.